The molecule has 1 aromatic rings. The Hall–Kier alpha value is -2.21. The van der Waals surface area contributed by atoms with Crippen LogP contribution in [0.2, 0.25) is 0 Å². The first kappa shape index (κ1) is 14.8. The maximum Gasteiger partial charge on any atom is 0.328 e. The minimum atomic E-state index is -1.10. The number of aromatic nitrogens is 1. The zero-order valence-corrected chi connectivity index (χ0v) is 10.8. The van der Waals surface area contributed by atoms with E-state index in [1.165, 1.54) is 17.2 Å². The molecule has 0 radical (unpaired) electrons. The molecule has 1 aromatic heterocycles. The monoisotopic (exact) mass is 264 g/mol. The minimum Gasteiger partial charge on any atom is -0.478 e. The number of carboxylic acids is 1. The number of hydrogen-bond donors (Lipinski definition) is 2. The van der Waals surface area contributed by atoms with Gasteiger partial charge in [-0.25, -0.2) is 4.79 Å². The number of amides is 1. The van der Waals surface area contributed by atoms with E-state index >= 15 is 0 Å². The summed E-state index contributed by atoms with van der Waals surface area (Å²) in [4.78, 5) is 27.9. The van der Waals surface area contributed by atoms with Crippen LogP contribution in [0.4, 0.5) is 0 Å². The summed E-state index contributed by atoms with van der Waals surface area (Å²) in [6.45, 7) is 1.75. The molecule has 2 N–H and O–H groups in total. The van der Waals surface area contributed by atoms with Crippen molar-refractivity contribution in [3.05, 3.63) is 35.7 Å². The van der Waals surface area contributed by atoms with Gasteiger partial charge in [0, 0.05) is 31.4 Å². The van der Waals surface area contributed by atoms with Gasteiger partial charge in [-0.1, -0.05) is 6.07 Å². The molecule has 0 spiro atoms. The van der Waals surface area contributed by atoms with Crippen molar-refractivity contribution < 1.29 is 19.8 Å². The predicted octanol–water partition coefficient (Wildman–Crippen LogP) is 0.632. The summed E-state index contributed by atoms with van der Waals surface area (Å²) in [7, 11) is 1.55. The first-order valence-corrected chi connectivity index (χ1v) is 5.71. The smallest absolute Gasteiger partial charge is 0.328 e. The summed E-state index contributed by atoms with van der Waals surface area (Å²) in [5.41, 5.74) is 0.579. The van der Waals surface area contributed by atoms with E-state index in [9.17, 15) is 14.7 Å². The largest absolute Gasteiger partial charge is 0.478 e. The number of aliphatic carboxylic acids is 1. The van der Waals surface area contributed by atoms with Gasteiger partial charge in [0.05, 0.1) is 6.10 Å². The molecule has 0 bridgehead atoms. The van der Waals surface area contributed by atoms with Gasteiger partial charge in [-0.3, -0.25) is 9.78 Å². The average Bonchev–Trinajstić information content (AvgIpc) is 2.35. The molecule has 1 amide bonds. The topological polar surface area (TPSA) is 90.7 Å². The molecular formula is C13H16N2O4. The number of rotatable bonds is 5. The molecule has 6 heteroatoms. The summed E-state index contributed by atoms with van der Waals surface area (Å²) in [6, 6.07) is 3.23. The van der Waals surface area contributed by atoms with E-state index in [-0.39, 0.29) is 18.1 Å². The second-order valence-electron chi connectivity index (χ2n) is 4.15. The van der Waals surface area contributed by atoms with Crippen LogP contribution in [0.25, 0.3) is 6.08 Å². The number of likely N-dealkylation sites (N-methyl/N-ethyl adjacent to an activating group) is 1. The molecule has 0 saturated heterocycles. The Kier molecular flexibility index (Phi) is 5.20. The molecule has 1 unspecified atom stereocenters. The van der Waals surface area contributed by atoms with Gasteiger partial charge < -0.3 is 15.1 Å². The number of carbonyl (C=O) groups is 2. The number of nitrogens with zero attached hydrogens (tertiary/aromatic N) is 2. The van der Waals surface area contributed by atoms with E-state index in [0.717, 1.165) is 6.08 Å². The molecule has 0 saturated carbocycles. The van der Waals surface area contributed by atoms with Crippen LogP contribution in [-0.4, -0.2) is 51.7 Å². The van der Waals surface area contributed by atoms with E-state index in [0.29, 0.717) is 5.56 Å². The van der Waals surface area contributed by atoms with Gasteiger partial charge in [0.1, 0.15) is 5.69 Å². The second-order valence-corrected chi connectivity index (χ2v) is 4.15. The molecule has 0 aliphatic carbocycles. The van der Waals surface area contributed by atoms with Crippen molar-refractivity contribution in [2.45, 2.75) is 13.0 Å². The van der Waals surface area contributed by atoms with E-state index in [1.807, 2.05) is 0 Å². The van der Waals surface area contributed by atoms with E-state index in [2.05, 4.69) is 4.98 Å². The summed E-state index contributed by atoms with van der Waals surface area (Å²) in [6.07, 6.45) is 3.08. The first-order chi connectivity index (χ1) is 8.91. The number of aliphatic hydroxyl groups is 1. The van der Waals surface area contributed by atoms with Crippen molar-refractivity contribution in [1.29, 1.82) is 0 Å². The normalized spacial score (nSPS) is 12.4. The zero-order valence-electron chi connectivity index (χ0n) is 10.8. The van der Waals surface area contributed by atoms with Crippen LogP contribution in [0.1, 0.15) is 23.0 Å². The third-order valence-corrected chi connectivity index (χ3v) is 2.33. The van der Waals surface area contributed by atoms with Crippen molar-refractivity contribution in [3.8, 4) is 0 Å². The Morgan fingerprint density at radius 1 is 1.53 bits per heavy atom. The molecule has 0 fully saturated rings. The molecule has 0 aliphatic heterocycles. The van der Waals surface area contributed by atoms with E-state index < -0.39 is 12.1 Å². The Morgan fingerprint density at radius 3 is 2.79 bits per heavy atom. The predicted molar refractivity (Wildman–Crippen MR) is 69.5 cm³/mol. The van der Waals surface area contributed by atoms with Crippen LogP contribution >= 0.6 is 0 Å². The standard InChI is InChI=1S/C13H16N2O4/c1-9(16)8-15(2)13(19)12-10(4-3-7-14-12)5-6-11(17)18/h3-7,9,16H,8H2,1-2H3,(H,17,18)/b6-5+. The third kappa shape index (κ3) is 4.51. The van der Waals surface area contributed by atoms with Gasteiger partial charge >= 0.3 is 5.97 Å². The fraction of sp³-hybridized carbons (Fsp3) is 0.308. The summed E-state index contributed by atoms with van der Waals surface area (Å²) >= 11 is 0. The van der Waals surface area contributed by atoms with Crippen LogP contribution < -0.4 is 0 Å². The van der Waals surface area contributed by atoms with Crippen molar-refractivity contribution in [1.82, 2.24) is 9.88 Å². The average molecular weight is 264 g/mol. The lowest BCUT2D eigenvalue weighted by Gasteiger charge is -2.19. The Bertz CT molecular complexity index is 497. The molecule has 1 heterocycles. The second kappa shape index (κ2) is 6.65. The molecule has 1 rings (SSSR count). The van der Waals surface area contributed by atoms with Crippen molar-refractivity contribution in [3.63, 3.8) is 0 Å². The minimum absolute atomic E-state index is 0.156. The van der Waals surface area contributed by atoms with Gasteiger partial charge in [-0.05, 0) is 19.1 Å². The molecular weight excluding hydrogens is 248 g/mol. The number of carboxylic acid groups (broad SMARTS) is 1. The lowest BCUT2D eigenvalue weighted by Crippen LogP contribution is -2.33. The van der Waals surface area contributed by atoms with E-state index in [1.54, 1.807) is 26.1 Å². The molecule has 102 valence electrons. The number of pyridine rings is 1. The Labute approximate surface area is 111 Å². The van der Waals surface area contributed by atoms with Crippen molar-refractivity contribution in [2.75, 3.05) is 13.6 Å². The third-order valence-electron chi connectivity index (χ3n) is 2.33. The molecule has 0 aromatic carbocycles. The highest BCUT2D eigenvalue weighted by molar-refractivity contribution is 5.97. The lowest BCUT2D eigenvalue weighted by atomic mass is 10.1. The summed E-state index contributed by atoms with van der Waals surface area (Å²) < 4.78 is 0. The quantitative estimate of drug-likeness (QED) is 0.761. The lowest BCUT2D eigenvalue weighted by molar-refractivity contribution is -0.131. The van der Waals surface area contributed by atoms with Crippen LogP contribution in [0.15, 0.2) is 24.4 Å². The first-order valence-electron chi connectivity index (χ1n) is 5.71. The van der Waals surface area contributed by atoms with Gasteiger partial charge in [-0.2, -0.15) is 0 Å². The fourth-order valence-corrected chi connectivity index (χ4v) is 1.55. The van der Waals surface area contributed by atoms with Crippen LogP contribution in [0, 0.1) is 0 Å². The Balaban J connectivity index is 2.99. The van der Waals surface area contributed by atoms with Crippen molar-refractivity contribution >= 4 is 18.0 Å². The fourth-order valence-electron chi connectivity index (χ4n) is 1.55. The number of aliphatic hydroxyl groups excluding tert-OH is 1. The number of carbonyl (C=O) groups excluding carboxylic acids is 1. The molecule has 1 atom stereocenters. The van der Waals surface area contributed by atoms with Crippen molar-refractivity contribution in [2.24, 2.45) is 0 Å². The maximum atomic E-state index is 12.1. The number of hydrogen-bond acceptors (Lipinski definition) is 4. The zero-order chi connectivity index (χ0) is 14.4. The van der Waals surface area contributed by atoms with Gasteiger partial charge in [0.25, 0.3) is 5.91 Å². The molecule has 6 nitrogen and oxygen atoms in total. The molecule has 19 heavy (non-hydrogen) atoms. The van der Waals surface area contributed by atoms with Crippen LogP contribution in [0.5, 0.6) is 0 Å². The Morgan fingerprint density at radius 2 is 2.21 bits per heavy atom. The highest BCUT2D eigenvalue weighted by Gasteiger charge is 2.17. The highest BCUT2D eigenvalue weighted by atomic mass is 16.4. The highest BCUT2D eigenvalue weighted by Crippen LogP contribution is 2.10. The van der Waals surface area contributed by atoms with Gasteiger partial charge in [0.15, 0.2) is 0 Å². The van der Waals surface area contributed by atoms with E-state index in [4.69, 9.17) is 5.11 Å². The summed E-state index contributed by atoms with van der Waals surface area (Å²) in [5.74, 6) is -1.47. The van der Waals surface area contributed by atoms with Gasteiger partial charge in [-0.15, -0.1) is 0 Å². The maximum absolute atomic E-state index is 12.1. The van der Waals surface area contributed by atoms with Crippen LogP contribution in [-0.2, 0) is 4.79 Å². The van der Waals surface area contributed by atoms with Gasteiger partial charge in [0.2, 0.25) is 0 Å². The SMILES string of the molecule is CC(O)CN(C)C(=O)c1ncccc1/C=C/C(=O)O. The summed E-state index contributed by atoms with van der Waals surface area (Å²) in [5, 5.41) is 17.9. The molecule has 0 aliphatic rings. The van der Waals surface area contributed by atoms with Crippen LogP contribution in [0.3, 0.4) is 0 Å².